The topological polar surface area (TPSA) is 64.7 Å². The molecule has 2 aromatic rings. The fraction of sp³-hybridized carbons (Fsp3) is 0.409. The summed E-state index contributed by atoms with van der Waals surface area (Å²) in [5, 5.41) is 3.84. The summed E-state index contributed by atoms with van der Waals surface area (Å²) < 4.78 is 13.4. The zero-order valence-corrected chi connectivity index (χ0v) is 19.2. The Labute approximate surface area is 185 Å². The van der Waals surface area contributed by atoms with Gasteiger partial charge in [0.1, 0.15) is 11.0 Å². The molecule has 0 saturated carbocycles. The minimum Gasteiger partial charge on any atom is -0.296 e. The van der Waals surface area contributed by atoms with Crippen LogP contribution in [-0.2, 0) is 15.8 Å². The standard InChI is InChI=1S/C22H30N4O2S2/c1-4-30(28)24-23-22(27)16-26(29-3)19-12-14-25(15-13-19)17(2)20-11-7-9-18-8-5-6-10-21(18)20/h4-11,17,19,24H,1,12-16H2,2-3H3,(H,23,27). The molecule has 3 rings (SSSR count). The number of fused-ring (bicyclic) bond motifs is 1. The van der Waals surface area contributed by atoms with Crippen LogP contribution in [0.5, 0.6) is 0 Å². The summed E-state index contributed by atoms with van der Waals surface area (Å²) in [6, 6.07) is 15.8. The van der Waals surface area contributed by atoms with Crippen LogP contribution in [0, 0.1) is 0 Å². The van der Waals surface area contributed by atoms with Crippen molar-refractivity contribution in [2.24, 2.45) is 0 Å². The van der Waals surface area contributed by atoms with E-state index in [2.05, 4.69) is 75.4 Å². The summed E-state index contributed by atoms with van der Waals surface area (Å²) in [5.74, 6) is -0.203. The SMILES string of the molecule is C=CS(=O)NNC(=O)CN(SC)C1CCN(C(C)c2cccc3ccccc23)CC1. The van der Waals surface area contributed by atoms with E-state index in [1.165, 1.54) is 21.7 Å². The third-order valence-electron chi connectivity index (χ3n) is 5.70. The van der Waals surface area contributed by atoms with Crippen LogP contribution in [0.2, 0.25) is 0 Å². The van der Waals surface area contributed by atoms with Gasteiger partial charge in [0.05, 0.1) is 6.54 Å². The van der Waals surface area contributed by atoms with Crippen LogP contribution in [0.25, 0.3) is 10.8 Å². The van der Waals surface area contributed by atoms with Gasteiger partial charge in [-0.15, -0.1) is 4.83 Å². The van der Waals surface area contributed by atoms with Crippen molar-refractivity contribution >= 4 is 39.6 Å². The number of piperidine rings is 1. The van der Waals surface area contributed by atoms with Crippen molar-refractivity contribution in [1.82, 2.24) is 19.5 Å². The van der Waals surface area contributed by atoms with Crippen molar-refractivity contribution in [3.05, 3.63) is 60.0 Å². The molecule has 0 spiro atoms. The van der Waals surface area contributed by atoms with Gasteiger partial charge in [-0.2, -0.15) is 0 Å². The molecular formula is C22H30N4O2S2. The number of hydrazine groups is 1. The second kappa shape index (κ2) is 11.1. The van der Waals surface area contributed by atoms with E-state index in [9.17, 15) is 9.00 Å². The van der Waals surface area contributed by atoms with Crippen molar-refractivity contribution in [2.45, 2.75) is 31.8 Å². The van der Waals surface area contributed by atoms with Crippen LogP contribution in [0.4, 0.5) is 0 Å². The van der Waals surface area contributed by atoms with Crippen LogP contribution in [0.3, 0.4) is 0 Å². The number of likely N-dealkylation sites (tertiary alicyclic amines) is 1. The van der Waals surface area contributed by atoms with Crippen LogP contribution in [0.15, 0.2) is 54.5 Å². The van der Waals surface area contributed by atoms with Crippen LogP contribution in [-0.4, -0.2) is 51.3 Å². The molecule has 0 aliphatic carbocycles. The molecule has 0 bridgehead atoms. The maximum atomic E-state index is 12.1. The quantitative estimate of drug-likeness (QED) is 0.457. The highest BCUT2D eigenvalue weighted by Crippen LogP contribution is 2.31. The number of nitrogens with zero attached hydrogens (tertiary/aromatic N) is 2. The van der Waals surface area contributed by atoms with E-state index >= 15 is 0 Å². The number of nitrogens with one attached hydrogen (secondary N) is 2. The first-order chi connectivity index (χ1) is 14.5. The lowest BCUT2D eigenvalue weighted by Gasteiger charge is -2.40. The number of benzene rings is 2. The van der Waals surface area contributed by atoms with E-state index in [1.807, 2.05) is 6.26 Å². The lowest BCUT2D eigenvalue weighted by molar-refractivity contribution is -0.122. The Morgan fingerprint density at radius 2 is 2.00 bits per heavy atom. The summed E-state index contributed by atoms with van der Waals surface area (Å²) in [4.78, 5) is 17.1. The predicted molar refractivity (Wildman–Crippen MR) is 127 cm³/mol. The molecule has 8 heteroatoms. The number of hydrogen-bond acceptors (Lipinski definition) is 5. The molecule has 1 aliphatic rings. The van der Waals surface area contributed by atoms with Gasteiger partial charge in [0.25, 0.3) is 0 Å². The minimum absolute atomic E-state index is 0.203. The zero-order chi connectivity index (χ0) is 21.5. The van der Waals surface area contributed by atoms with E-state index < -0.39 is 11.0 Å². The summed E-state index contributed by atoms with van der Waals surface area (Å²) in [5.41, 5.74) is 3.85. The molecule has 2 unspecified atom stereocenters. The Balaban J connectivity index is 1.57. The molecule has 2 aromatic carbocycles. The Kier molecular flexibility index (Phi) is 8.47. The minimum atomic E-state index is -1.46. The van der Waals surface area contributed by atoms with Gasteiger partial charge in [-0.1, -0.05) is 61.0 Å². The van der Waals surface area contributed by atoms with Gasteiger partial charge in [0, 0.05) is 30.6 Å². The Hall–Kier alpha value is -1.71. The number of carbonyl (C=O) groups excluding carboxylic acids is 1. The van der Waals surface area contributed by atoms with Gasteiger partial charge in [0.15, 0.2) is 0 Å². The van der Waals surface area contributed by atoms with Gasteiger partial charge >= 0.3 is 0 Å². The fourth-order valence-electron chi connectivity index (χ4n) is 4.05. The fourth-order valence-corrected chi connectivity index (χ4v) is 5.10. The highest BCUT2D eigenvalue weighted by Gasteiger charge is 2.28. The smallest absolute Gasteiger partial charge is 0.250 e. The third kappa shape index (κ3) is 5.70. The number of rotatable bonds is 9. The van der Waals surface area contributed by atoms with E-state index in [0.717, 1.165) is 25.9 Å². The molecule has 0 radical (unpaired) electrons. The van der Waals surface area contributed by atoms with Crippen molar-refractivity contribution < 1.29 is 9.00 Å². The van der Waals surface area contributed by atoms with Crippen LogP contribution >= 0.6 is 11.9 Å². The van der Waals surface area contributed by atoms with Crippen LogP contribution < -0.4 is 10.3 Å². The Morgan fingerprint density at radius 3 is 2.70 bits per heavy atom. The Morgan fingerprint density at radius 1 is 1.30 bits per heavy atom. The maximum absolute atomic E-state index is 12.1. The number of carbonyl (C=O) groups is 1. The highest BCUT2D eigenvalue weighted by molar-refractivity contribution is 7.96. The number of amides is 1. The van der Waals surface area contributed by atoms with Crippen molar-refractivity contribution in [1.29, 1.82) is 0 Å². The van der Waals surface area contributed by atoms with Crippen molar-refractivity contribution in [3.8, 4) is 0 Å². The predicted octanol–water partition coefficient (Wildman–Crippen LogP) is 3.37. The average molecular weight is 447 g/mol. The molecule has 1 heterocycles. The van der Waals surface area contributed by atoms with Gasteiger partial charge in [-0.05, 0) is 42.4 Å². The van der Waals surface area contributed by atoms with E-state index in [-0.39, 0.29) is 12.5 Å². The summed E-state index contributed by atoms with van der Waals surface area (Å²) >= 11 is 1.58. The molecule has 6 nitrogen and oxygen atoms in total. The molecular weight excluding hydrogens is 416 g/mol. The second-order valence-electron chi connectivity index (χ2n) is 7.38. The molecule has 2 atom stereocenters. The largest absolute Gasteiger partial charge is 0.296 e. The summed E-state index contributed by atoms with van der Waals surface area (Å²) in [7, 11) is -1.46. The molecule has 1 amide bonds. The first kappa shape index (κ1) is 23.0. The van der Waals surface area contributed by atoms with E-state index in [4.69, 9.17) is 0 Å². The molecule has 0 aromatic heterocycles. The van der Waals surface area contributed by atoms with Gasteiger partial charge in [-0.25, -0.2) is 8.51 Å². The first-order valence-electron chi connectivity index (χ1n) is 10.1. The lowest BCUT2D eigenvalue weighted by atomic mass is 9.96. The maximum Gasteiger partial charge on any atom is 0.250 e. The number of hydrogen-bond donors (Lipinski definition) is 2. The van der Waals surface area contributed by atoms with E-state index in [0.29, 0.717) is 12.1 Å². The second-order valence-corrected chi connectivity index (χ2v) is 9.35. The summed E-state index contributed by atoms with van der Waals surface area (Å²) in [6.45, 7) is 7.94. The van der Waals surface area contributed by atoms with Crippen molar-refractivity contribution in [3.63, 3.8) is 0 Å². The zero-order valence-electron chi connectivity index (χ0n) is 17.5. The van der Waals surface area contributed by atoms with Gasteiger partial charge in [0.2, 0.25) is 5.91 Å². The van der Waals surface area contributed by atoms with Gasteiger partial charge in [-0.3, -0.25) is 15.1 Å². The molecule has 1 aliphatic heterocycles. The Bertz CT molecular complexity index is 894. The molecule has 2 N–H and O–H groups in total. The van der Waals surface area contributed by atoms with E-state index in [1.54, 1.807) is 11.9 Å². The monoisotopic (exact) mass is 446 g/mol. The molecule has 30 heavy (non-hydrogen) atoms. The lowest BCUT2D eigenvalue weighted by Crippen LogP contribution is -2.48. The van der Waals surface area contributed by atoms with Gasteiger partial charge < -0.3 is 0 Å². The summed E-state index contributed by atoms with van der Waals surface area (Å²) in [6.07, 6.45) is 4.01. The third-order valence-corrected chi connectivity index (χ3v) is 7.21. The molecule has 1 saturated heterocycles. The van der Waals surface area contributed by atoms with Crippen molar-refractivity contribution in [2.75, 3.05) is 25.9 Å². The average Bonchev–Trinajstić information content (AvgIpc) is 2.80. The van der Waals surface area contributed by atoms with Crippen LogP contribution in [0.1, 0.15) is 31.4 Å². The molecule has 1 fully saturated rings. The highest BCUT2D eigenvalue weighted by atomic mass is 32.2. The first-order valence-corrected chi connectivity index (χ1v) is 12.5. The molecule has 162 valence electrons. The normalized spacial score (nSPS) is 17.7.